The molecule has 0 unspecified atom stereocenters. The van der Waals surface area contributed by atoms with Crippen molar-refractivity contribution in [1.82, 2.24) is 10.6 Å². The first-order valence-corrected chi connectivity index (χ1v) is 7.02. The van der Waals surface area contributed by atoms with E-state index in [1.807, 2.05) is 0 Å². The molecule has 0 aromatic heterocycles. The lowest BCUT2D eigenvalue weighted by molar-refractivity contribution is 0.410. The number of allylic oxidation sites excluding steroid dienone is 1. The number of nitrogens with one attached hydrogen (secondary N) is 2. The summed E-state index contributed by atoms with van der Waals surface area (Å²) in [5.41, 5.74) is 0. The number of hydrogen-bond donors (Lipinski definition) is 2. The van der Waals surface area contributed by atoms with Gasteiger partial charge in [0.2, 0.25) is 0 Å². The minimum atomic E-state index is 0.628. The SMILES string of the molecule is CC=CCCN=C(NCC)NC1CCCCC1. The quantitative estimate of drug-likeness (QED) is 0.334. The van der Waals surface area contributed by atoms with Crippen LogP contribution in [0.2, 0.25) is 0 Å². The van der Waals surface area contributed by atoms with Crippen molar-refractivity contribution in [3.8, 4) is 0 Å². The maximum absolute atomic E-state index is 4.59. The molecule has 98 valence electrons. The van der Waals surface area contributed by atoms with Gasteiger partial charge in [0, 0.05) is 19.1 Å². The summed E-state index contributed by atoms with van der Waals surface area (Å²) in [5, 5.41) is 6.87. The molecular weight excluding hydrogens is 210 g/mol. The van der Waals surface area contributed by atoms with Gasteiger partial charge in [-0.1, -0.05) is 31.4 Å². The van der Waals surface area contributed by atoms with E-state index >= 15 is 0 Å². The van der Waals surface area contributed by atoms with E-state index in [2.05, 4.69) is 41.6 Å². The molecule has 0 radical (unpaired) electrons. The Morgan fingerprint density at radius 2 is 2.06 bits per heavy atom. The van der Waals surface area contributed by atoms with Crippen LogP contribution < -0.4 is 10.6 Å². The second-order valence-electron chi connectivity index (χ2n) is 4.60. The van der Waals surface area contributed by atoms with Crippen molar-refractivity contribution >= 4 is 5.96 Å². The van der Waals surface area contributed by atoms with Gasteiger partial charge in [-0.2, -0.15) is 0 Å². The summed E-state index contributed by atoms with van der Waals surface area (Å²) >= 11 is 0. The van der Waals surface area contributed by atoms with Gasteiger partial charge in [-0.05, 0) is 33.1 Å². The monoisotopic (exact) mass is 237 g/mol. The van der Waals surface area contributed by atoms with Crippen LogP contribution in [0.4, 0.5) is 0 Å². The van der Waals surface area contributed by atoms with E-state index in [9.17, 15) is 0 Å². The Hall–Kier alpha value is -0.990. The Morgan fingerprint density at radius 3 is 2.71 bits per heavy atom. The van der Waals surface area contributed by atoms with E-state index < -0.39 is 0 Å². The maximum atomic E-state index is 4.59. The third-order valence-corrected chi connectivity index (χ3v) is 3.09. The Kier molecular flexibility index (Phi) is 7.52. The normalized spacial score (nSPS) is 18.6. The molecule has 0 saturated heterocycles. The zero-order valence-electron chi connectivity index (χ0n) is 11.3. The van der Waals surface area contributed by atoms with Crippen LogP contribution in [0.1, 0.15) is 52.4 Å². The summed E-state index contributed by atoms with van der Waals surface area (Å²) < 4.78 is 0. The second-order valence-corrected chi connectivity index (χ2v) is 4.60. The van der Waals surface area contributed by atoms with Crippen LogP contribution in [0.25, 0.3) is 0 Å². The number of rotatable bonds is 5. The van der Waals surface area contributed by atoms with Gasteiger partial charge < -0.3 is 10.6 Å². The standard InChI is InChI=1S/C14H27N3/c1-3-5-9-12-16-14(15-4-2)17-13-10-7-6-8-11-13/h3,5,13H,4,6-12H2,1-2H3,(H2,15,16,17). The fraction of sp³-hybridized carbons (Fsp3) is 0.786. The fourth-order valence-electron chi connectivity index (χ4n) is 2.18. The average Bonchev–Trinajstić information content (AvgIpc) is 2.36. The summed E-state index contributed by atoms with van der Waals surface area (Å²) in [7, 11) is 0. The molecule has 1 aliphatic rings. The van der Waals surface area contributed by atoms with E-state index in [1.165, 1.54) is 32.1 Å². The molecule has 0 aromatic rings. The van der Waals surface area contributed by atoms with E-state index in [0.29, 0.717) is 6.04 Å². The Balaban J connectivity index is 2.34. The molecule has 0 heterocycles. The Morgan fingerprint density at radius 1 is 1.29 bits per heavy atom. The minimum absolute atomic E-state index is 0.628. The molecule has 1 saturated carbocycles. The third kappa shape index (κ3) is 6.35. The van der Waals surface area contributed by atoms with Crippen LogP contribution in [0, 0.1) is 0 Å². The van der Waals surface area contributed by atoms with Gasteiger partial charge in [0.15, 0.2) is 5.96 Å². The molecule has 1 rings (SSSR count). The summed E-state index contributed by atoms with van der Waals surface area (Å²) in [5.74, 6) is 0.990. The molecule has 1 fully saturated rings. The van der Waals surface area contributed by atoms with Crippen LogP contribution in [-0.2, 0) is 0 Å². The predicted molar refractivity (Wildman–Crippen MR) is 75.4 cm³/mol. The van der Waals surface area contributed by atoms with E-state index in [0.717, 1.165) is 25.5 Å². The lowest BCUT2D eigenvalue weighted by atomic mass is 9.96. The summed E-state index contributed by atoms with van der Waals surface area (Å²) in [6, 6.07) is 0.628. The molecule has 17 heavy (non-hydrogen) atoms. The molecule has 3 nitrogen and oxygen atoms in total. The number of aliphatic imine (C=N–C) groups is 1. The minimum Gasteiger partial charge on any atom is -0.357 e. The van der Waals surface area contributed by atoms with Crippen molar-refractivity contribution < 1.29 is 0 Å². The van der Waals surface area contributed by atoms with Gasteiger partial charge in [0.25, 0.3) is 0 Å². The number of nitrogens with zero attached hydrogens (tertiary/aromatic N) is 1. The highest BCUT2D eigenvalue weighted by Crippen LogP contribution is 2.17. The molecule has 0 bridgehead atoms. The number of guanidine groups is 1. The van der Waals surface area contributed by atoms with Crippen molar-refractivity contribution in [1.29, 1.82) is 0 Å². The largest absolute Gasteiger partial charge is 0.357 e. The van der Waals surface area contributed by atoms with Crippen molar-refractivity contribution in [2.24, 2.45) is 4.99 Å². The van der Waals surface area contributed by atoms with Crippen molar-refractivity contribution in [3.63, 3.8) is 0 Å². The molecule has 2 N–H and O–H groups in total. The van der Waals surface area contributed by atoms with E-state index in [1.54, 1.807) is 0 Å². The zero-order valence-corrected chi connectivity index (χ0v) is 11.3. The summed E-state index contributed by atoms with van der Waals surface area (Å²) in [6.45, 7) is 5.97. The molecule has 0 aromatic carbocycles. The second kappa shape index (κ2) is 9.08. The van der Waals surface area contributed by atoms with Gasteiger partial charge in [-0.15, -0.1) is 0 Å². The Bertz CT molecular complexity index is 240. The number of hydrogen-bond acceptors (Lipinski definition) is 1. The van der Waals surface area contributed by atoms with Gasteiger partial charge in [0.1, 0.15) is 0 Å². The van der Waals surface area contributed by atoms with Gasteiger partial charge in [0.05, 0.1) is 0 Å². The lowest BCUT2D eigenvalue weighted by Gasteiger charge is -2.24. The van der Waals surface area contributed by atoms with Crippen molar-refractivity contribution in [2.75, 3.05) is 13.1 Å². The molecule has 0 aliphatic heterocycles. The molecule has 0 spiro atoms. The predicted octanol–water partition coefficient (Wildman–Crippen LogP) is 2.84. The lowest BCUT2D eigenvalue weighted by Crippen LogP contribution is -2.44. The van der Waals surface area contributed by atoms with Gasteiger partial charge >= 0.3 is 0 Å². The Labute approximate surface area is 106 Å². The first kappa shape index (κ1) is 14.1. The van der Waals surface area contributed by atoms with Crippen LogP contribution in [0.5, 0.6) is 0 Å². The first-order valence-electron chi connectivity index (χ1n) is 7.02. The summed E-state index contributed by atoms with van der Waals surface area (Å²) in [4.78, 5) is 4.59. The maximum Gasteiger partial charge on any atom is 0.191 e. The smallest absolute Gasteiger partial charge is 0.191 e. The molecule has 0 amide bonds. The zero-order chi connectivity index (χ0) is 12.3. The molecule has 1 aliphatic carbocycles. The highest BCUT2D eigenvalue weighted by atomic mass is 15.2. The fourth-order valence-corrected chi connectivity index (χ4v) is 2.18. The van der Waals surface area contributed by atoms with Gasteiger partial charge in [-0.25, -0.2) is 0 Å². The molecule has 3 heteroatoms. The highest BCUT2D eigenvalue weighted by Gasteiger charge is 2.13. The topological polar surface area (TPSA) is 36.4 Å². The first-order chi connectivity index (χ1) is 8.36. The van der Waals surface area contributed by atoms with Gasteiger partial charge in [-0.3, -0.25) is 4.99 Å². The summed E-state index contributed by atoms with van der Waals surface area (Å²) in [6.07, 6.45) is 12.0. The average molecular weight is 237 g/mol. The van der Waals surface area contributed by atoms with Crippen LogP contribution >= 0.6 is 0 Å². The highest BCUT2D eigenvalue weighted by molar-refractivity contribution is 5.80. The van der Waals surface area contributed by atoms with Crippen molar-refractivity contribution in [2.45, 2.75) is 58.4 Å². The molecular formula is C14H27N3. The van der Waals surface area contributed by atoms with E-state index in [-0.39, 0.29) is 0 Å². The van der Waals surface area contributed by atoms with Crippen LogP contribution in [0.15, 0.2) is 17.1 Å². The molecule has 0 atom stereocenters. The van der Waals surface area contributed by atoms with E-state index in [4.69, 9.17) is 0 Å². The third-order valence-electron chi connectivity index (χ3n) is 3.09. The van der Waals surface area contributed by atoms with Crippen molar-refractivity contribution in [3.05, 3.63) is 12.2 Å². The van der Waals surface area contributed by atoms with Crippen LogP contribution in [0.3, 0.4) is 0 Å². The van der Waals surface area contributed by atoms with Crippen LogP contribution in [-0.4, -0.2) is 25.1 Å².